The Balaban J connectivity index is 1.42. The second-order valence-corrected chi connectivity index (χ2v) is 7.75. The van der Waals surface area contributed by atoms with Gasteiger partial charge in [0.25, 0.3) is 17.5 Å². The minimum absolute atomic E-state index is 0.0177. The highest BCUT2D eigenvalue weighted by atomic mass is 16.7. The van der Waals surface area contributed by atoms with Crippen LogP contribution in [0.15, 0.2) is 72.3 Å². The highest BCUT2D eigenvalue weighted by molar-refractivity contribution is 6.39. The van der Waals surface area contributed by atoms with E-state index >= 15 is 0 Å². The lowest BCUT2D eigenvalue weighted by atomic mass is 10.1. The Morgan fingerprint density at radius 1 is 1.00 bits per heavy atom. The third-order valence-corrected chi connectivity index (χ3v) is 5.45. The van der Waals surface area contributed by atoms with Crippen molar-refractivity contribution in [2.75, 3.05) is 11.7 Å². The van der Waals surface area contributed by atoms with Crippen molar-refractivity contribution in [3.05, 3.63) is 93.5 Å². The van der Waals surface area contributed by atoms with Crippen LogP contribution in [-0.2, 0) is 16.2 Å². The van der Waals surface area contributed by atoms with Crippen LogP contribution < -0.4 is 24.4 Å². The number of carbonyl (C=O) groups excluding carboxylic acids is 3. The minimum atomic E-state index is -0.892. The maximum Gasteiger partial charge on any atom is 0.335 e. The average molecular weight is 487 g/mol. The molecular formula is C25H17N3O8. The number of amides is 4. The van der Waals surface area contributed by atoms with Gasteiger partial charge in [0.2, 0.25) is 6.79 Å². The molecule has 1 N–H and O–H groups in total. The van der Waals surface area contributed by atoms with Gasteiger partial charge in [-0.15, -0.1) is 0 Å². The average Bonchev–Trinajstić information content (AvgIpc) is 3.34. The summed E-state index contributed by atoms with van der Waals surface area (Å²) in [6.07, 6.45) is 1.33. The molecule has 180 valence electrons. The van der Waals surface area contributed by atoms with Crippen LogP contribution >= 0.6 is 0 Å². The number of anilines is 1. The fraction of sp³-hybridized carbons (Fsp3) is 0.0800. The quantitative estimate of drug-likeness (QED) is 0.241. The van der Waals surface area contributed by atoms with Gasteiger partial charge in [-0.1, -0.05) is 30.3 Å². The molecule has 11 heteroatoms. The van der Waals surface area contributed by atoms with Gasteiger partial charge in [0, 0.05) is 23.8 Å². The Kier molecular flexibility index (Phi) is 5.79. The van der Waals surface area contributed by atoms with Gasteiger partial charge in [-0.2, -0.15) is 0 Å². The van der Waals surface area contributed by atoms with E-state index in [2.05, 4.69) is 5.32 Å². The standard InChI is InChI=1S/C25H17N3O8/c29-23-19(24(30)27(25(31)26-23)17-8-9-21-22(12-17)36-14-35-21)11-16-5-1-2-7-20(16)34-13-15-4-3-6-18(10-15)28(32)33/h1-12H,13-14H2,(H,26,29,31)/b19-11+. The van der Waals surface area contributed by atoms with Gasteiger partial charge >= 0.3 is 6.03 Å². The smallest absolute Gasteiger partial charge is 0.335 e. The van der Waals surface area contributed by atoms with Gasteiger partial charge in [0.15, 0.2) is 11.5 Å². The Labute approximate surface area is 203 Å². The van der Waals surface area contributed by atoms with Crippen molar-refractivity contribution in [2.45, 2.75) is 6.61 Å². The number of imide groups is 2. The topological polar surface area (TPSA) is 137 Å². The van der Waals surface area contributed by atoms with Gasteiger partial charge < -0.3 is 14.2 Å². The number of urea groups is 1. The van der Waals surface area contributed by atoms with E-state index in [0.29, 0.717) is 28.4 Å². The van der Waals surface area contributed by atoms with Crippen molar-refractivity contribution in [1.82, 2.24) is 5.32 Å². The van der Waals surface area contributed by atoms with E-state index in [1.165, 1.54) is 30.3 Å². The molecule has 3 aromatic rings. The summed E-state index contributed by atoms with van der Waals surface area (Å²) in [5.74, 6) is -0.490. The van der Waals surface area contributed by atoms with E-state index in [1.807, 2.05) is 0 Å². The largest absolute Gasteiger partial charge is 0.488 e. The maximum atomic E-state index is 13.2. The van der Waals surface area contributed by atoms with Gasteiger partial charge in [0.05, 0.1) is 10.6 Å². The van der Waals surface area contributed by atoms with E-state index in [1.54, 1.807) is 42.5 Å². The van der Waals surface area contributed by atoms with E-state index < -0.39 is 22.8 Å². The van der Waals surface area contributed by atoms with Crippen LogP contribution in [-0.4, -0.2) is 29.6 Å². The second kappa shape index (κ2) is 9.22. The summed E-state index contributed by atoms with van der Waals surface area (Å²) in [7, 11) is 0. The van der Waals surface area contributed by atoms with E-state index in [9.17, 15) is 24.5 Å². The van der Waals surface area contributed by atoms with Crippen molar-refractivity contribution in [3.63, 3.8) is 0 Å². The number of nitro groups is 1. The lowest BCUT2D eigenvalue weighted by molar-refractivity contribution is -0.384. The van der Waals surface area contributed by atoms with Crippen LogP contribution in [0.25, 0.3) is 6.08 Å². The van der Waals surface area contributed by atoms with Crippen molar-refractivity contribution in [1.29, 1.82) is 0 Å². The summed E-state index contributed by atoms with van der Waals surface area (Å²) < 4.78 is 16.4. The second-order valence-electron chi connectivity index (χ2n) is 7.75. The number of barbiturate groups is 1. The van der Waals surface area contributed by atoms with Crippen molar-refractivity contribution < 1.29 is 33.5 Å². The molecular weight excluding hydrogens is 470 g/mol. The molecule has 0 spiro atoms. The molecule has 4 amide bonds. The van der Waals surface area contributed by atoms with Gasteiger partial charge in [-0.3, -0.25) is 25.0 Å². The van der Waals surface area contributed by atoms with Crippen LogP contribution in [0.3, 0.4) is 0 Å². The van der Waals surface area contributed by atoms with E-state index in [4.69, 9.17) is 14.2 Å². The monoisotopic (exact) mass is 487 g/mol. The number of fused-ring (bicyclic) bond motifs is 1. The zero-order valence-corrected chi connectivity index (χ0v) is 18.5. The highest BCUT2D eigenvalue weighted by Crippen LogP contribution is 2.36. The number of hydrogen-bond donors (Lipinski definition) is 1. The zero-order valence-electron chi connectivity index (χ0n) is 18.5. The molecule has 5 rings (SSSR count). The number of nitro benzene ring substituents is 1. The predicted molar refractivity (Wildman–Crippen MR) is 125 cm³/mol. The fourth-order valence-electron chi connectivity index (χ4n) is 3.72. The number of nitrogens with one attached hydrogen (secondary N) is 1. The van der Waals surface area contributed by atoms with Crippen molar-refractivity contribution >= 4 is 35.3 Å². The predicted octanol–water partition coefficient (Wildman–Crippen LogP) is 3.57. The molecule has 11 nitrogen and oxygen atoms in total. The van der Waals surface area contributed by atoms with Gasteiger partial charge in [-0.25, -0.2) is 9.69 Å². The third kappa shape index (κ3) is 4.32. The number of carbonyl (C=O) groups is 3. The maximum absolute atomic E-state index is 13.2. The Morgan fingerprint density at radius 3 is 2.64 bits per heavy atom. The Bertz CT molecular complexity index is 1450. The van der Waals surface area contributed by atoms with Crippen LogP contribution in [0.2, 0.25) is 0 Å². The number of para-hydroxylation sites is 1. The molecule has 2 heterocycles. The van der Waals surface area contributed by atoms with Gasteiger partial charge in [-0.05, 0) is 29.8 Å². The summed E-state index contributed by atoms with van der Waals surface area (Å²) in [5, 5.41) is 13.2. The zero-order chi connectivity index (χ0) is 25.2. The third-order valence-electron chi connectivity index (χ3n) is 5.45. The molecule has 0 aliphatic carbocycles. The molecule has 0 atom stereocenters. The number of hydrogen-bond acceptors (Lipinski definition) is 8. The van der Waals surface area contributed by atoms with Crippen LogP contribution in [0, 0.1) is 10.1 Å². The molecule has 1 fully saturated rings. The number of ether oxygens (including phenoxy) is 3. The molecule has 2 aliphatic rings. The van der Waals surface area contributed by atoms with Crippen LogP contribution in [0.5, 0.6) is 17.2 Å². The molecule has 0 radical (unpaired) electrons. The minimum Gasteiger partial charge on any atom is -0.488 e. The summed E-state index contributed by atoms with van der Waals surface area (Å²) in [6, 6.07) is 16.3. The first kappa shape index (κ1) is 22.6. The fourth-order valence-corrected chi connectivity index (χ4v) is 3.72. The van der Waals surface area contributed by atoms with Crippen LogP contribution in [0.4, 0.5) is 16.2 Å². The molecule has 36 heavy (non-hydrogen) atoms. The normalized spacial score (nSPS) is 15.7. The first-order valence-electron chi connectivity index (χ1n) is 10.7. The Hall–Kier alpha value is -5.19. The van der Waals surface area contributed by atoms with Crippen LogP contribution in [0.1, 0.15) is 11.1 Å². The molecule has 0 bridgehead atoms. The number of non-ortho nitro benzene ring substituents is 1. The molecule has 3 aromatic carbocycles. The molecule has 0 unspecified atom stereocenters. The molecule has 1 saturated heterocycles. The van der Waals surface area contributed by atoms with E-state index in [-0.39, 0.29) is 30.3 Å². The number of benzene rings is 3. The summed E-state index contributed by atoms with van der Waals surface area (Å²) >= 11 is 0. The van der Waals surface area contributed by atoms with Gasteiger partial charge in [0.1, 0.15) is 17.9 Å². The number of nitrogens with zero attached hydrogens (tertiary/aromatic N) is 2. The molecule has 0 saturated carbocycles. The first-order chi connectivity index (χ1) is 17.4. The summed E-state index contributed by atoms with van der Waals surface area (Å²) in [5.41, 5.74) is 0.831. The van der Waals surface area contributed by atoms with Crippen molar-refractivity contribution in [3.8, 4) is 17.2 Å². The molecule has 2 aliphatic heterocycles. The SMILES string of the molecule is O=C1NC(=O)N(c2ccc3c(c2)OCO3)C(=O)/C1=C/c1ccccc1OCc1cccc([N+](=O)[O-])c1. The first-order valence-corrected chi connectivity index (χ1v) is 10.7. The van der Waals surface area contributed by atoms with E-state index in [0.717, 1.165) is 4.90 Å². The van der Waals surface area contributed by atoms with Crippen molar-refractivity contribution in [2.24, 2.45) is 0 Å². The molecule has 0 aromatic heterocycles. The lowest BCUT2D eigenvalue weighted by Crippen LogP contribution is -2.54. The highest BCUT2D eigenvalue weighted by Gasteiger charge is 2.37. The summed E-state index contributed by atoms with van der Waals surface area (Å²) in [4.78, 5) is 49.7. The lowest BCUT2D eigenvalue weighted by Gasteiger charge is -2.26. The summed E-state index contributed by atoms with van der Waals surface area (Å²) in [6.45, 7) is 0.0412. The number of rotatable bonds is 6. The Morgan fingerprint density at radius 2 is 1.81 bits per heavy atom.